The van der Waals surface area contributed by atoms with E-state index in [9.17, 15) is 4.79 Å². The van der Waals surface area contributed by atoms with Gasteiger partial charge in [-0.15, -0.1) is 0 Å². The number of aliphatic carboxylic acids is 1. The van der Waals surface area contributed by atoms with E-state index in [2.05, 4.69) is 24.0 Å². The van der Waals surface area contributed by atoms with Crippen molar-refractivity contribution >= 4 is 5.97 Å². The van der Waals surface area contributed by atoms with E-state index in [0.717, 1.165) is 43.7 Å². The molecule has 4 nitrogen and oxygen atoms in total. The average molecular weight is 277 g/mol. The molecule has 0 aromatic heterocycles. The molecule has 1 saturated heterocycles. The van der Waals surface area contributed by atoms with E-state index >= 15 is 0 Å². The minimum Gasteiger partial charge on any atom is -0.496 e. The Bertz CT molecular complexity index is 473. The molecule has 1 aromatic carbocycles. The highest BCUT2D eigenvalue weighted by molar-refractivity contribution is 5.70. The molecule has 2 rings (SSSR count). The van der Waals surface area contributed by atoms with Crippen LogP contribution in [0.2, 0.25) is 0 Å². The van der Waals surface area contributed by atoms with Gasteiger partial charge in [-0.05, 0) is 37.4 Å². The number of carbonyl (C=O) groups is 1. The first-order valence-electron chi connectivity index (χ1n) is 7.25. The van der Waals surface area contributed by atoms with Crippen LogP contribution in [0.25, 0.3) is 0 Å². The molecule has 0 aliphatic carbocycles. The van der Waals surface area contributed by atoms with E-state index < -0.39 is 5.97 Å². The highest BCUT2D eigenvalue weighted by Crippen LogP contribution is 2.25. The number of piperidine rings is 1. The second-order valence-electron chi connectivity index (χ2n) is 5.41. The Morgan fingerprint density at radius 1 is 1.50 bits per heavy atom. The highest BCUT2D eigenvalue weighted by atomic mass is 16.5. The summed E-state index contributed by atoms with van der Waals surface area (Å²) in [7, 11) is 1.68. The van der Waals surface area contributed by atoms with Gasteiger partial charge < -0.3 is 9.84 Å². The Labute approximate surface area is 120 Å². The largest absolute Gasteiger partial charge is 0.496 e. The number of likely N-dealkylation sites (tertiary alicyclic amines) is 1. The summed E-state index contributed by atoms with van der Waals surface area (Å²) in [5, 5.41) is 9.15. The number of hydrogen-bond acceptors (Lipinski definition) is 3. The van der Waals surface area contributed by atoms with Crippen molar-refractivity contribution in [1.29, 1.82) is 0 Å². The first-order valence-corrected chi connectivity index (χ1v) is 7.25. The summed E-state index contributed by atoms with van der Waals surface area (Å²) in [6.45, 7) is 4.49. The number of carboxylic acids is 1. The Morgan fingerprint density at radius 2 is 2.30 bits per heavy atom. The number of methoxy groups -OCH3 is 1. The van der Waals surface area contributed by atoms with E-state index in [1.807, 2.05) is 6.07 Å². The van der Waals surface area contributed by atoms with Gasteiger partial charge in [-0.1, -0.05) is 19.1 Å². The monoisotopic (exact) mass is 277 g/mol. The fourth-order valence-electron chi connectivity index (χ4n) is 2.82. The third kappa shape index (κ3) is 3.51. The fourth-order valence-corrected chi connectivity index (χ4v) is 2.82. The number of carboxylic acid groups (broad SMARTS) is 1. The van der Waals surface area contributed by atoms with Gasteiger partial charge in [0.05, 0.1) is 13.0 Å². The van der Waals surface area contributed by atoms with Crippen molar-refractivity contribution in [3.8, 4) is 5.75 Å². The summed E-state index contributed by atoms with van der Waals surface area (Å²) in [5.74, 6) is -0.0206. The van der Waals surface area contributed by atoms with Crippen LogP contribution >= 0.6 is 0 Å². The number of ether oxygens (including phenoxy) is 1. The van der Waals surface area contributed by atoms with Gasteiger partial charge in [0, 0.05) is 18.7 Å². The van der Waals surface area contributed by atoms with E-state index in [0.29, 0.717) is 6.54 Å². The van der Waals surface area contributed by atoms with Gasteiger partial charge in [-0.25, -0.2) is 0 Å². The first kappa shape index (κ1) is 14.9. The van der Waals surface area contributed by atoms with Crippen molar-refractivity contribution < 1.29 is 14.6 Å². The number of benzene rings is 1. The third-order valence-electron chi connectivity index (χ3n) is 4.00. The van der Waals surface area contributed by atoms with Crippen LogP contribution in [0.4, 0.5) is 0 Å². The zero-order chi connectivity index (χ0) is 14.5. The minimum atomic E-state index is -0.677. The zero-order valence-corrected chi connectivity index (χ0v) is 12.3. The molecule has 20 heavy (non-hydrogen) atoms. The quantitative estimate of drug-likeness (QED) is 0.898. The summed E-state index contributed by atoms with van der Waals surface area (Å²) in [5.41, 5.74) is 2.44. The molecule has 1 heterocycles. The Balaban J connectivity index is 2.10. The number of hydrogen-bond donors (Lipinski definition) is 1. The molecule has 0 spiro atoms. The van der Waals surface area contributed by atoms with Gasteiger partial charge in [-0.3, -0.25) is 9.69 Å². The lowest BCUT2D eigenvalue weighted by Crippen LogP contribution is -2.38. The molecule has 1 fully saturated rings. The molecule has 110 valence electrons. The van der Waals surface area contributed by atoms with Crippen molar-refractivity contribution in [3.63, 3.8) is 0 Å². The first-order chi connectivity index (χ1) is 9.63. The smallest absolute Gasteiger partial charge is 0.307 e. The van der Waals surface area contributed by atoms with Crippen molar-refractivity contribution in [2.24, 2.45) is 5.92 Å². The molecule has 1 unspecified atom stereocenters. The van der Waals surface area contributed by atoms with Crippen molar-refractivity contribution in [3.05, 3.63) is 29.3 Å². The van der Waals surface area contributed by atoms with Crippen LogP contribution in [-0.2, 0) is 17.8 Å². The topological polar surface area (TPSA) is 49.8 Å². The van der Waals surface area contributed by atoms with Crippen molar-refractivity contribution in [2.75, 3.05) is 20.2 Å². The summed E-state index contributed by atoms with van der Waals surface area (Å²) < 4.78 is 5.42. The van der Waals surface area contributed by atoms with Crippen LogP contribution in [0.1, 0.15) is 30.9 Å². The molecular weight excluding hydrogens is 254 g/mol. The lowest BCUT2D eigenvalue weighted by atomic mass is 9.97. The molecule has 4 heteroatoms. The van der Waals surface area contributed by atoms with E-state index in [-0.39, 0.29) is 5.92 Å². The summed E-state index contributed by atoms with van der Waals surface area (Å²) >= 11 is 0. The summed E-state index contributed by atoms with van der Waals surface area (Å²) in [6.07, 6.45) is 2.74. The van der Waals surface area contributed by atoms with Gasteiger partial charge in [0.1, 0.15) is 5.75 Å². The average Bonchev–Trinajstić information content (AvgIpc) is 2.47. The van der Waals surface area contributed by atoms with Crippen LogP contribution in [-0.4, -0.2) is 36.2 Å². The molecule has 0 bridgehead atoms. The van der Waals surface area contributed by atoms with Crippen molar-refractivity contribution in [2.45, 2.75) is 32.7 Å². The fraction of sp³-hybridized carbons (Fsp3) is 0.562. The van der Waals surface area contributed by atoms with Gasteiger partial charge in [0.15, 0.2) is 0 Å². The predicted molar refractivity (Wildman–Crippen MR) is 78.0 cm³/mol. The normalized spacial score (nSPS) is 19.8. The standard InChI is InChI=1S/C16H23NO3/c1-3-12-6-7-15(20-2)14(9-12)11-17-8-4-5-13(10-17)16(18)19/h6-7,9,13H,3-5,8,10-11H2,1-2H3,(H,18,19). The molecule has 1 atom stereocenters. The molecule has 1 aliphatic rings. The molecule has 1 aliphatic heterocycles. The third-order valence-corrected chi connectivity index (χ3v) is 4.00. The SMILES string of the molecule is CCc1ccc(OC)c(CN2CCCC(C(=O)O)C2)c1. The zero-order valence-electron chi connectivity index (χ0n) is 12.3. The Hall–Kier alpha value is -1.55. The summed E-state index contributed by atoms with van der Waals surface area (Å²) in [6, 6.07) is 6.26. The van der Waals surface area contributed by atoms with Gasteiger partial charge in [0.25, 0.3) is 0 Å². The van der Waals surface area contributed by atoms with E-state index in [1.54, 1.807) is 7.11 Å². The molecule has 0 amide bonds. The van der Waals surface area contributed by atoms with E-state index in [4.69, 9.17) is 9.84 Å². The lowest BCUT2D eigenvalue weighted by Gasteiger charge is -2.31. The van der Waals surface area contributed by atoms with Crippen LogP contribution in [0.5, 0.6) is 5.75 Å². The second-order valence-corrected chi connectivity index (χ2v) is 5.41. The molecular formula is C16H23NO3. The number of aryl methyl sites for hydroxylation is 1. The number of rotatable bonds is 5. The Morgan fingerprint density at radius 3 is 2.95 bits per heavy atom. The minimum absolute atomic E-state index is 0.232. The molecule has 0 radical (unpaired) electrons. The van der Waals surface area contributed by atoms with Gasteiger partial charge in [0.2, 0.25) is 0 Å². The van der Waals surface area contributed by atoms with Crippen LogP contribution in [0, 0.1) is 5.92 Å². The van der Waals surface area contributed by atoms with Crippen molar-refractivity contribution in [1.82, 2.24) is 4.90 Å². The molecule has 1 aromatic rings. The van der Waals surface area contributed by atoms with Crippen LogP contribution < -0.4 is 4.74 Å². The maximum atomic E-state index is 11.1. The van der Waals surface area contributed by atoms with E-state index in [1.165, 1.54) is 5.56 Å². The maximum absolute atomic E-state index is 11.1. The highest BCUT2D eigenvalue weighted by Gasteiger charge is 2.25. The molecule has 0 saturated carbocycles. The Kier molecular flexibility index (Phi) is 5.01. The molecule has 1 N–H and O–H groups in total. The van der Waals surface area contributed by atoms with Crippen LogP contribution in [0.15, 0.2) is 18.2 Å². The van der Waals surface area contributed by atoms with Gasteiger partial charge in [-0.2, -0.15) is 0 Å². The second kappa shape index (κ2) is 6.75. The predicted octanol–water partition coefficient (Wildman–Crippen LogP) is 2.55. The van der Waals surface area contributed by atoms with Gasteiger partial charge >= 0.3 is 5.97 Å². The lowest BCUT2D eigenvalue weighted by molar-refractivity contribution is -0.143. The summed E-state index contributed by atoms with van der Waals surface area (Å²) in [4.78, 5) is 13.3. The number of nitrogens with zero attached hydrogens (tertiary/aromatic N) is 1. The van der Waals surface area contributed by atoms with Crippen LogP contribution in [0.3, 0.4) is 0 Å². The maximum Gasteiger partial charge on any atom is 0.307 e.